The van der Waals surface area contributed by atoms with Gasteiger partial charge >= 0.3 is 12.0 Å². The van der Waals surface area contributed by atoms with Crippen LogP contribution in [-0.2, 0) is 0 Å². The fraction of sp³-hybridized carbons (Fsp3) is 0.467. The number of nitrogens with one attached hydrogen (secondary N) is 2. The van der Waals surface area contributed by atoms with Crippen LogP contribution in [0.3, 0.4) is 0 Å². The number of carbonyl (C=O) groups excluding carboxylic acids is 1. The Morgan fingerprint density at radius 2 is 2.05 bits per heavy atom. The van der Waals surface area contributed by atoms with Gasteiger partial charge in [-0.15, -0.1) is 0 Å². The first-order valence-corrected chi connectivity index (χ1v) is 6.97. The van der Waals surface area contributed by atoms with Gasteiger partial charge in [-0.3, -0.25) is 0 Å². The molecule has 2 aliphatic rings. The van der Waals surface area contributed by atoms with E-state index in [-0.39, 0.29) is 11.6 Å². The second-order valence-electron chi connectivity index (χ2n) is 5.83. The molecule has 2 saturated carbocycles. The van der Waals surface area contributed by atoms with Gasteiger partial charge < -0.3 is 15.7 Å². The molecule has 0 aliphatic heterocycles. The van der Waals surface area contributed by atoms with E-state index in [0.717, 1.165) is 12.5 Å². The second-order valence-corrected chi connectivity index (χ2v) is 5.83. The van der Waals surface area contributed by atoms with Gasteiger partial charge in [0.25, 0.3) is 0 Å². The Labute approximate surface area is 117 Å². The monoisotopic (exact) mass is 274 g/mol. The minimum Gasteiger partial charge on any atom is -0.478 e. The van der Waals surface area contributed by atoms with Gasteiger partial charge in [0.2, 0.25) is 0 Å². The molecule has 106 valence electrons. The van der Waals surface area contributed by atoms with Crippen molar-refractivity contribution in [3.8, 4) is 0 Å². The second kappa shape index (κ2) is 4.81. The molecule has 0 aromatic heterocycles. The summed E-state index contributed by atoms with van der Waals surface area (Å²) in [6, 6.07) is 5.98. The SMILES string of the molecule is O=C(NCC1(C2CC2)CC1)Nc1cccc(C(=O)O)c1. The third-order valence-corrected chi connectivity index (χ3v) is 4.30. The van der Waals surface area contributed by atoms with Crippen molar-refractivity contribution in [3.05, 3.63) is 29.8 Å². The number of carboxylic acids is 1. The largest absolute Gasteiger partial charge is 0.478 e. The normalized spacial score (nSPS) is 19.2. The minimum absolute atomic E-state index is 0.166. The Balaban J connectivity index is 1.53. The molecule has 2 aliphatic carbocycles. The number of rotatable bonds is 5. The fourth-order valence-electron chi connectivity index (χ4n) is 2.75. The number of carbonyl (C=O) groups is 2. The fourth-order valence-corrected chi connectivity index (χ4v) is 2.75. The number of carboxylic acid groups (broad SMARTS) is 1. The molecule has 3 N–H and O–H groups in total. The molecule has 3 rings (SSSR count). The summed E-state index contributed by atoms with van der Waals surface area (Å²) < 4.78 is 0. The summed E-state index contributed by atoms with van der Waals surface area (Å²) in [4.78, 5) is 22.7. The quantitative estimate of drug-likeness (QED) is 0.772. The minimum atomic E-state index is -1.00. The highest BCUT2D eigenvalue weighted by molar-refractivity contribution is 5.93. The predicted octanol–water partition coefficient (Wildman–Crippen LogP) is 2.70. The molecule has 20 heavy (non-hydrogen) atoms. The van der Waals surface area contributed by atoms with Crippen LogP contribution in [0.2, 0.25) is 0 Å². The zero-order valence-corrected chi connectivity index (χ0v) is 11.2. The maximum atomic E-state index is 11.8. The molecule has 5 heteroatoms. The highest BCUT2D eigenvalue weighted by Gasteiger charge is 2.53. The molecule has 0 radical (unpaired) electrons. The molecule has 2 fully saturated rings. The van der Waals surface area contributed by atoms with Crippen molar-refractivity contribution in [2.24, 2.45) is 11.3 Å². The third-order valence-electron chi connectivity index (χ3n) is 4.30. The van der Waals surface area contributed by atoms with Crippen molar-refractivity contribution in [1.82, 2.24) is 5.32 Å². The topological polar surface area (TPSA) is 78.4 Å². The smallest absolute Gasteiger partial charge is 0.335 e. The van der Waals surface area contributed by atoms with Gasteiger partial charge in [-0.05, 0) is 55.2 Å². The van der Waals surface area contributed by atoms with E-state index in [1.54, 1.807) is 12.1 Å². The van der Waals surface area contributed by atoms with Gasteiger partial charge in [0, 0.05) is 12.2 Å². The van der Waals surface area contributed by atoms with E-state index in [0.29, 0.717) is 11.1 Å². The van der Waals surface area contributed by atoms with Crippen molar-refractivity contribution in [2.45, 2.75) is 25.7 Å². The first-order chi connectivity index (χ1) is 9.59. The van der Waals surface area contributed by atoms with Crippen LogP contribution < -0.4 is 10.6 Å². The molecule has 0 atom stereocenters. The predicted molar refractivity (Wildman–Crippen MR) is 74.8 cm³/mol. The molecule has 0 heterocycles. The lowest BCUT2D eigenvalue weighted by Crippen LogP contribution is -2.34. The van der Waals surface area contributed by atoms with Crippen LogP contribution in [0, 0.1) is 11.3 Å². The molecule has 0 bridgehead atoms. The lowest BCUT2D eigenvalue weighted by Gasteiger charge is -2.15. The van der Waals surface area contributed by atoms with Crippen LogP contribution in [0.15, 0.2) is 24.3 Å². The lowest BCUT2D eigenvalue weighted by atomic mass is 10.0. The molecule has 0 spiro atoms. The van der Waals surface area contributed by atoms with Crippen LogP contribution in [0.5, 0.6) is 0 Å². The van der Waals surface area contributed by atoms with Gasteiger partial charge in [0.1, 0.15) is 0 Å². The Bertz CT molecular complexity index is 548. The summed E-state index contributed by atoms with van der Waals surface area (Å²) >= 11 is 0. The van der Waals surface area contributed by atoms with Gasteiger partial charge in [0.05, 0.1) is 5.56 Å². The number of urea groups is 1. The van der Waals surface area contributed by atoms with E-state index in [2.05, 4.69) is 10.6 Å². The summed E-state index contributed by atoms with van der Waals surface area (Å²) in [7, 11) is 0. The Kier molecular flexibility index (Phi) is 3.12. The summed E-state index contributed by atoms with van der Waals surface area (Å²) in [5.74, 6) is -0.196. The van der Waals surface area contributed by atoms with Crippen molar-refractivity contribution >= 4 is 17.7 Å². The molecular formula is C15H18N2O3. The number of hydrogen-bond acceptors (Lipinski definition) is 2. The average Bonchev–Trinajstić information content (AvgIpc) is 3.27. The summed E-state index contributed by atoms with van der Waals surface area (Å²) in [5, 5.41) is 14.5. The molecule has 5 nitrogen and oxygen atoms in total. The third kappa shape index (κ3) is 2.76. The van der Waals surface area contributed by atoms with Crippen LogP contribution in [0.4, 0.5) is 10.5 Å². The highest BCUT2D eigenvalue weighted by Crippen LogP contribution is 2.60. The summed E-state index contributed by atoms with van der Waals surface area (Å²) in [6.07, 6.45) is 5.02. The maximum Gasteiger partial charge on any atom is 0.335 e. The molecule has 1 aromatic carbocycles. The van der Waals surface area contributed by atoms with Crippen molar-refractivity contribution in [2.75, 3.05) is 11.9 Å². The van der Waals surface area contributed by atoms with E-state index in [4.69, 9.17) is 5.11 Å². The standard InChI is InChI=1S/C15H18N2O3/c18-13(19)10-2-1-3-12(8-10)17-14(20)16-9-15(6-7-15)11-4-5-11/h1-3,8,11H,4-7,9H2,(H,18,19)(H2,16,17,20). The number of hydrogen-bond donors (Lipinski definition) is 3. The zero-order chi connectivity index (χ0) is 14.2. The molecule has 2 amide bonds. The van der Waals surface area contributed by atoms with E-state index < -0.39 is 5.97 Å². The Hall–Kier alpha value is -2.04. The first-order valence-electron chi connectivity index (χ1n) is 6.97. The van der Waals surface area contributed by atoms with E-state index in [1.807, 2.05) is 0 Å². The van der Waals surface area contributed by atoms with E-state index in [9.17, 15) is 9.59 Å². The van der Waals surface area contributed by atoms with Gasteiger partial charge in [0.15, 0.2) is 0 Å². The molecule has 1 aromatic rings. The number of benzene rings is 1. The molecular weight excluding hydrogens is 256 g/mol. The lowest BCUT2D eigenvalue weighted by molar-refractivity contribution is 0.0697. The van der Waals surface area contributed by atoms with Crippen molar-refractivity contribution < 1.29 is 14.7 Å². The number of aromatic carboxylic acids is 1. The first kappa shape index (κ1) is 13.0. The summed E-state index contributed by atoms with van der Waals surface area (Å²) in [5.41, 5.74) is 1.03. The molecule has 0 unspecified atom stereocenters. The zero-order valence-electron chi connectivity index (χ0n) is 11.2. The van der Waals surface area contributed by atoms with Crippen molar-refractivity contribution in [3.63, 3.8) is 0 Å². The van der Waals surface area contributed by atoms with E-state index >= 15 is 0 Å². The van der Waals surface area contributed by atoms with Gasteiger partial charge in [-0.1, -0.05) is 6.07 Å². The van der Waals surface area contributed by atoms with Crippen LogP contribution >= 0.6 is 0 Å². The Morgan fingerprint density at radius 1 is 1.30 bits per heavy atom. The number of amides is 2. The summed E-state index contributed by atoms with van der Waals surface area (Å²) in [6.45, 7) is 0.724. The number of anilines is 1. The highest BCUT2D eigenvalue weighted by atomic mass is 16.4. The van der Waals surface area contributed by atoms with Crippen LogP contribution in [0.1, 0.15) is 36.0 Å². The van der Waals surface area contributed by atoms with Crippen LogP contribution in [0.25, 0.3) is 0 Å². The van der Waals surface area contributed by atoms with Gasteiger partial charge in [-0.2, -0.15) is 0 Å². The van der Waals surface area contributed by atoms with Crippen LogP contribution in [-0.4, -0.2) is 23.7 Å². The average molecular weight is 274 g/mol. The van der Waals surface area contributed by atoms with Crippen molar-refractivity contribution in [1.29, 1.82) is 0 Å². The Morgan fingerprint density at radius 3 is 2.65 bits per heavy atom. The van der Waals surface area contributed by atoms with Gasteiger partial charge in [-0.25, -0.2) is 9.59 Å². The molecule has 0 saturated heterocycles. The van der Waals surface area contributed by atoms with E-state index in [1.165, 1.54) is 37.8 Å². The maximum absolute atomic E-state index is 11.8.